The molecule has 14 heavy (non-hydrogen) atoms. The Kier molecular flexibility index (Phi) is 4.32. The summed E-state index contributed by atoms with van der Waals surface area (Å²) < 4.78 is 4.61. The van der Waals surface area contributed by atoms with Gasteiger partial charge in [0, 0.05) is 17.1 Å². The van der Waals surface area contributed by atoms with Gasteiger partial charge in [0.25, 0.3) is 0 Å². The lowest BCUT2D eigenvalue weighted by molar-refractivity contribution is 0.0594. The molecule has 0 bridgehead atoms. The fraction of sp³-hybridized carbons (Fsp3) is 0.200. The molecular formula is C10H10BrNO2. The van der Waals surface area contributed by atoms with Gasteiger partial charge in [0.2, 0.25) is 0 Å². The molecule has 0 N–H and O–H groups in total. The third-order valence-corrected chi connectivity index (χ3v) is 1.98. The Hall–Kier alpha value is -1.16. The van der Waals surface area contributed by atoms with Crippen molar-refractivity contribution in [1.29, 1.82) is 0 Å². The zero-order valence-corrected chi connectivity index (χ0v) is 9.32. The van der Waals surface area contributed by atoms with Crippen molar-refractivity contribution < 1.29 is 9.53 Å². The third-order valence-electron chi connectivity index (χ3n) is 1.60. The normalized spacial score (nSPS) is 10.4. The van der Waals surface area contributed by atoms with Gasteiger partial charge in [-0.2, -0.15) is 0 Å². The summed E-state index contributed by atoms with van der Waals surface area (Å²) in [6.07, 6.45) is 5.29. The van der Waals surface area contributed by atoms with Gasteiger partial charge in [-0.1, -0.05) is 34.1 Å². The molecule has 3 nitrogen and oxygen atoms in total. The van der Waals surface area contributed by atoms with Crippen LogP contribution in [0.4, 0.5) is 0 Å². The van der Waals surface area contributed by atoms with Gasteiger partial charge < -0.3 is 4.74 Å². The minimum atomic E-state index is -0.417. The number of allylic oxidation sites excluding steroid dienone is 1. The van der Waals surface area contributed by atoms with Gasteiger partial charge in [-0.25, -0.2) is 9.78 Å². The van der Waals surface area contributed by atoms with Crippen molar-refractivity contribution in [2.24, 2.45) is 0 Å². The number of halogens is 1. The van der Waals surface area contributed by atoms with Crippen LogP contribution in [0.5, 0.6) is 0 Å². The van der Waals surface area contributed by atoms with Gasteiger partial charge in [-0.05, 0) is 6.07 Å². The van der Waals surface area contributed by atoms with Crippen molar-refractivity contribution in [3.8, 4) is 0 Å². The predicted octanol–water partition coefficient (Wildman–Crippen LogP) is 2.28. The minimum absolute atomic E-state index is 0.340. The molecule has 0 unspecified atom stereocenters. The van der Waals surface area contributed by atoms with Crippen LogP contribution >= 0.6 is 15.9 Å². The number of rotatable bonds is 3. The van der Waals surface area contributed by atoms with Crippen LogP contribution in [0.15, 0.2) is 24.4 Å². The van der Waals surface area contributed by atoms with Gasteiger partial charge in [-0.15, -0.1) is 0 Å². The average molecular weight is 256 g/mol. The van der Waals surface area contributed by atoms with Crippen molar-refractivity contribution in [3.63, 3.8) is 0 Å². The highest BCUT2D eigenvalue weighted by Crippen LogP contribution is 2.09. The zero-order valence-electron chi connectivity index (χ0n) is 7.74. The summed E-state index contributed by atoms with van der Waals surface area (Å²) in [5.74, 6) is -0.417. The second-order valence-corrected chi connectivity index (χ2v) is 3.14. The average Bonchev–Trinajstić information content (AvgIpc) is 2.25. The van der Waals surface area contributed by atoms with Gasteiger partial charge in [-0.3, -0.25) is 0 Å². The number of methoxy groups -OCH3 is 1. The molecule has 0 fully saturated rings. The largest absolute Gasteiger partial charge is 0.464 e. The van der Waals surface area contributed by atoms with Crippen LogP contribution in [-0.2, 0) is 4.74 Å². The Morgan fingerprint density at radius 1 is 1.71 bits per heavy atom. The Morgan fingerprint density at radius 2 is 2.50 bits per heavy atom. The van der Waals surface area contributed by atoms with Crippen molar-refractivity contribution in [2.75, 3.05) is 12.4 Å². The Bertz CT molecular complexity index is 350. The topological polar surface area (TPSA) is 39.2 Å². The molecule has 1 heterocycles. The fourth-order valence-corrected chi connectivity index (χ4v) is 1.18. The highest BCUT2D eigenvalue weighted by molar-refractivity contribution is 9.09. The van der Waals surface area contributed by atoms with Crippen LogP contribution in [0.3, 0.4) is 0 Å². The zero-order chi connectivity index (χ0) is 10.4. The molecule has 0 aliphatic rings. The van der Waals surface area contributed by atoms with Crippen molar-refractivity contribution in [3.05, 3.63) is 35.7 Å². The van der Waals surface area contributed by atoms with E-state index in [1.807, 2.05) is 18.2 Å². The van der Waals surface area contributed by atoms with E-state index in [4.69, 9.17) is 0 Å². The molecule has 1 aromatic rings. The number of alkyl halides is 1. The van der Waals surface area contributed by atoms with Crippen LogP contribution in [0.2, 0.25) is 0 Å². The van der Waals surface area contributed by atoms with Crippen LogP contribution in [0.25, 0.3) is 6.08 Å². The lowest BCUT2D eigenvalue weighted by Crippen LogP contribution is -2.06. The van der Waals surface area contributed by atoms with Crippen LogP contribution in [-0.4, -0.2) is 23.4 Å². The maximum absolute atomic E-state index is 11.3. The summed E-state index contributed by atoms with van der Waals surface area (Å²) in [4.78, 5) is 15.2. The molecule has 0 atom stereocenters. The van der Waals surface area contributed by atoms with E-state index >= 15 is 0 Å². The van der Waals surface area contributed by atoms with E-state index < -0.39 is 5.97 Å². The standard InChI is InChI=1S/C10H10BrNO2/c1-14-10(13)9-8(4-2-6-11)5-3-7-12-9/h2-5,7H,6H2,1H3. The first-order valence-electron chi connectivity index (χ1n) is 4.05. The number of ether oxygens (including phenoxy) is 1. The second-order valence-electron chi connectivity index (χ2n) is 2.49. The van der Waals surface area contributed by atoms with Gasteiger partial charge in [0.15, 0.2) is 5.69 Å². The number of carbonyl (C=O) groups excluding carboxylic acids is 1. The first kappa shape index (κ1) is 10.9. The number of hydrogen-bond acceptors (Lipinski definition) is 3. The van der Waals surface area contributed by atoms with Crippen LogP contribution in [0, 0.1) is 0 Å². The lowest BCUT2D eigenvalue weighted by Gasteiger charge is -2.01. The van der Waals surface area contributed by atoms with E-state index in [-0.39, 0.29) is 0 Å². The summed E-state index contributed by atoms with van der Waals surface area (Å²) >= 11 is 3.26. The number of carbonyl (C=O) groups is 1. The van der Waals surface area contributed by atoms with Crippen molar-refractivity contribution in [2.45, 2.75) is 0 Å². The number of nitrogens with zero attached hydrogens (tertiary/aromatic N) is 1. The monoisotopic (exact) mass is 255 g/mol. The fourth-order valence-electron chi connectivity index (χ4n) is 0.991. The van der Waals surface area contributed by atoms with Gasteiger partial charge >= 0.3 is 5.97 Å². The summed E-state index contributed by atoms with van der Waals surface area (Å²) in [6, 6.07) is 3.60. The molecule has 0 saturated carbocycles. The number of pyridine rings is 1. The predicted molar refractivity (Wildman–Crippen MR) is 58.4 cm³/mol. The highest BCUT2D eigenvalue weighted by atomic mass is 79.9. The summed E-state index contributed by atoms with van der Waals surface area (Å²) in [6.45, 7) is 0. The van der Waals surface area contributed by atoms with Crippen LogP contribution < -0.4 is 0 Å². The Morgan fingerprint density at radius 3 is 3.14 bits per heavy atom. The Balaban J connectivity index is 3.03. The van der Waals surface area contributed by atoms with E-state index in [0.29, 0.717) is 5.69 Å². The van der Waals surface area contributed by atoms with Gasteiger partial charge in [0.1, 0.15) is 0 Å². The first-order chi connectivity index (χ1) is 6.79. The molecule has 0 aliphatic carbocycles. The highest BCUT2D eigenvalue weighted by Gasteiger charge is 2.09. The Labute approximate surface area is 90.9 Å². The second kappa shape index (κ2) is 5.54. The molecule has 1 rings (SSSR count). The molecule has 1 aromatic heterocycles. The van der Waals surface area contributed by atoms with E-state index in [9.17, 15) is 4.79 Å². The maximum atomic E-state index is 11.3. The number of esters is 1. The third kappa shape index (κ3) is 2.67. The summed E-state index contributed by atoms with van der Waals surface area (Å²) in [7, 11) is 1.34. The number of aromatic nitrogens is 1. The number of hydrogen-bond donors (Lipinski definition) is 0. The van der Waals surface area contributed by atoms with Gasteiger partial charge in [0.05, 0.1) is 7.11 Å². The molecule has 4 heteroatoms. The summed E-state index contributed by atoms with van der Waals surface area (Å²) in [5.41, 5.74) is 1.10. The van der Waals surface area contributed by atoms with E-state index in [1.54, 1.807) is 12.3 Å². The SMILES string of the molecule is COC(=O)c1ncccc1C=CCBr. The molecule has 0 radical (unpaired) electrons. The first-order valence-corrected chi connectivity index (χ1v) is 5.17. The molecule has 0 spiro atoms. The van der Waals surface area contributed by atoms with Crippen molar-refractivity contribution in [1.82, 2.24) is 4.98 Å². The quantitative estimate of drug-likeness (QED) is 0.615. The molecule has 0 aliphatic heterocycles. The minimum Gasteiger partial charge on any atom is -0.464 e. The maximum Gasteiger partial charge on any atom is 0.357 e. The molecule has 0 aromatic carbocycles. The molecule has 0 amide bonds. The van der Waals surface area contributed by atoms with Crippen molar-refractivity contribution >= 4 is 28.0 Å². The molecule has 74 valence electrons. The van der Waals surface area contributed by atoms with E-state index in [2.05, 4.69) is 25.7 Å². The summed E-state index contributed by atoms with van der Waals surface area (Å²) in [5, 5.41) is 0.739. The van der Waals surface area contributed by atoms with E-state index in [1.165, 1.54) is 7.11 Å². The molecule has 0 saturated heterocycles. The van der Waals surface area contributed by atoms with E-state index in [0.717, 1.165) is 10.9 Å². The lowest BCUT2D eigenvalue weighted by atomic mass is 10.2. The van der Waals surface area contributed by atoms with Crippen LogP contribution in [0.1, 0.15) is 16.1 Å². The smallest absolute Gasteiger partial charge is 0.357 e. The molecular weight excluding hydrogens is 246 g/mol.